The Morgan fingerprint density at radius 2 is 1.44 bits per heavy atom. The van der Waals surface area contributed by atoms with Crippen LogP contribution >= 0.6 is 10.7 Å². The van der Waals surface area contributed by atoms with Crippen molar-refractivity contribution in [1.82, 2.24) is 0 Å². The number of rotatable bonds is 3. The van der Waals surface area contributed by atoms with Gasteiger partial charge in [-0.2, -0.15) is 8.42 Å². The topological polar surface area (TPSA) is 118 Å². The van der Waals surface area contributed by atoms with Crippen LogP contribution in [0.5, 0.6) is 0 Å². The van der Waals surface area contributed by atoms with E-state index in [4.69, 9.17) is 9.66 Å². The summed E-state index contributed by atoms with van der Waals surface area (Å²) >= 11 is 0. The zero-order valence-corrected chi connectivity index (χ0v) is 11.6. The molecule has 7 nitrogen and oxygen atoms in total. The molecule has 0 rings (SSSR count). The molecule has 0 fully saturated rings. The Balaban J connectivity index is -0.000000160. The van der Waals surface area contributed by atoms with Crippen LogP contribution in [-0.2, 0) is 23.9 Å². The van der Waals surface area contributed by atoms with Gasteiger partial charge in [-0.05, 0) is 6.42 Å². The lowest BCUT2D eigenvalue weighted by Gasteiger charge is -1.89. The van der Waals surface area contributed by atoms with E-state index in [1.807, 2.05) is 0 Å². The highest BCUT2D eigenvalue weighted by molar-refractivity contribution is 8.13. The molecule has 0 aliphatic rings. The van der Waals surface area contributed by atoms with Crippen molar-refractivity contribution in [3.05, 3.63) is 0 Å². The van der Waals surface area contributed by atoms with Crippen LogP contribution in [0.1, 0.15) is 6.42 Å². The van der Waals surface area contributed by atoms with Crippen molar-refractivity contribution in [2.24, 2.45) is 0 Å². The van der Waals surface area contributed by atoms with Gasteiger partial charge in [0.05, 0.1) is 12.5 Å². The smallest absolute Gasteiger partial charge is 0.261 e. The molecule has 10 heteroatoms. The van der Waals surface area contributed by atoms with Crippen LogP contribution < -0.4 is 0 Å². The van der Waals surface area contributed by atoms with E-state index in [9.17, 15) is 16.8 Å². The lowest BCUT2D eigenvalue weighted by molar-refractivity contribution is 0.166. The van der Waals surface area contributed by atoms with Crippen molar-refractivity contribution in [2.45, 2.75) is 6.42 Å². The molecular weight excluding hydrogens is 284 g/mol. The second-order valence-electron chi connectivity index (χ2n) is 2.48. The summed E-state index contributed by atoms with van der Waals surface area (Å²) in [6.45, 7) is 0.893. The molecule has 0 aromatic carbocycles. The highest BCUT2D eigenvalue weighted by Crippen LogP contribution is 1.83. The molecule has 2 N–H and O–H groups in total. The molecule has 0 spiro atoms. The Morgan fingerprint density at radius 3 is 1.50 bits per heavy atom. The first-order valence-electron chi connectivity index (χ1n) is 3.83. The Kier molecular flexibility index (Phi) is 15.4. The number of aliphatic hydroxyl groups excluding tert-OH is 1. The number of hydrogen-bond donors (Lipinski definition) is 2. The van der Waals surface area contributed by atoms with Gasteiger partial charge in [-0.25, -0.2) is 8.42 Å². The molecule has 0 bridgehead atoms. The van der Waals surface area contributed by atoms with E-state index in [-0.39, 0.29) is 6.61 Å². The van der Waals surface area contributed by atoms with Gasteiger partial charge < -0.3 is 9.84 Å². The van der Waals surface area contributed by atoms with Crippen LogP contribution in [0.25, 0.3) is 0 Å². The van der Waals surface area contributed by atoms with E-state index in [1.54, 1.807) is 7.11 Å². The van der Waals surface area contributed by atoms with Gasteiger partial charge in [0.2, 0.25) is 9.05 Å². The van der Waals surface area contributed by atoms with E-state index in [2.05, 4.69) is 15.4 Å². The van der Waals surface area contributed by atoms with Crippen molar-refractivity contribution in [3.63, 3.8) is 0 Å². The van der Waals surface area contributed by atoms with Gasteiger partial charge >= 0.3 is 0 Å². The predicted molar refractivity (Wildman–Crippen MR) is 61.7 cm³/mol. The van der Waals surface area contributed by atoms with E-state index in [0.717, 1.165) is 12.7 Å². The van der Waals surface area contributed by atoms with Gasteiger partial charge in [0.15, 0.2) is 0 Å². The first-order chi connectivity index (χ1) is 6.91. The Hall–Kier alpha value is 0.0700. The molecule has 0 saturated heterocycles. The Labute approximate surface area is 101 Å². The molecule has 16 heavy (non-hydrogen) atoms. The first-order valence-corrected chi connectivity index (χ1v) is 8.40. The van der Waals surface area contributed by atoms with E-state index in [1.165, 1.54) is 0 Å². The summed E-state index contributed by atoms with van der Waals surface area (Å²) in [7, 11) is -0.738. The average molecular weight is 301 g/mol. The average Bonchev–Trinajstić information content (AvgIpc) is 1.94. The monoisotopic (exact) mass is 300 g/mol. The SMILES string of the molecule is COCCCO.CS(=O)(=O)Cl.CS(=O)(=O)O. The second-order valence-corrected chi connectivity index (χ2v) is 7.00. The summed E-state index contributed by atoms with van der Waals surface area (Å²) in [5.41, 5.74) is 0. The van der Waals surface area contributed by atoms with Crippen LogP contribution in [0, 0.1) is 0 Å². The maximum absolute atomic E-state index is 9.40. The van der Waals surface area contributed by atoms with Crippen molar-refractivity contribution in [2.75, 3.05) is 32.8 Å². The van der Waals surface area contributed by atoms with Crippen LogP contribution in [-0.4, -0.2) is 59.3 Å². The minimum Gasteiger partial charge on any atom is -0.396 e. The molecule has 0 aliphatic heterocycles. The fraction of sp³-hybridized carbons (Fsp3) is 1.00. The first kappa shape index (κ1) is 21.4. The number of methoxy groups -OCH3 is 1. The summed E-state index contributed by atoms with van der Waals surface area (Å²) < 4.78 is 49.3. The zero-order chi connectivity index (χ0) is 13.8. The third-order valence-corrected chi connectivity index (χ3v) is 0.507. The summed E-state index contributed by atoms with van der Waals surface area (Å²) in [5.74, 6) is 0. The third-order valence-electron chi connectivity index (χ3n) is 0.507. The van der Waals surface area contributed by atoms with Gasteiger partial charge in [-0.1, -0.05) is 0 Å². The van der Waals surface area contributed by atoms with Crippen molar-refractivity contribution in [1.29, 1.82) is 0 Å². The summed E-state index contributed by atoms with van der Waals surface area (Å²) in [4.78, 5) is 0. The van der Waals surface area contributed by atoms with E-state index in [0.29, 0.717) is 12.9 Å². The third kappa shape index (κ3) is 255. The lowest BCUT2D eigenvalue weighted by Crippen LogP contribution is -1.90. The van der Waals surface area contributed by atoms with Gasteiger partial charge in [-0.15, -0.1) is 0 Å². The minimum atomic E-state index is -3.67. The summed E-state index contributed by atoms with van der Waals surface area (Å²) in [6.07, 6.45) is 2.39. The highest BCUT2D eigenvalue weighted by Gasteiger charge is 1.83. The molecule has 0 unspecified atom stereocenters. The molecular formula is C6H17ClO7S2. The standard InChI is InChI=1S/C4H10O2.CH3ClO2S.CH4O3S/c1-6-4-2-3-5;2*1-5(2,3)4/h5H,2-4H2,1H3;1H3;1H3,(H,2,3,4). The molecule has 0 saturated carbocycles. The molecule has 0 amide bonds. The molecule has 0 atom stereocenters. The molecule has 0 radical (unpaired) electrons. The van der Waals surface area contributed by atoms with Crippen LogP contribution in [0.2, 0.25) is 0 Å². The fourth-order valence-corrected chi connectivity index (χ4v) is 0.209. The van der Waals surface area contributed by atoms with Crippen molar-refractivity contribution < 1.29 is 31.2 Å². The molecule has 0 heterocycles. The van der Waals surface area contributed by atoms with Crippen LogP contribution in [0.3, 0.4) is 0 Å². The Bertz CT molecular complexity index is 271. The quantitative estimate of drug-likeness (QED) is 0.417. The summed E-state index contributed by atoms with van der Waals surface area (Å²) in [5, 5.41) is 8.12. The molecule has 0 aliphatic carbocycles. The van der Waals surface area contributed by atoms with Gasteiger partial charge in [-0.3, -0.25) is 4.55 Å². The van der Waals surface area contributed by atoms with Gasteiger partial charge in [0, 0.05) is 31.0 Å². The lowest BCUT2D eigenvalue weighted by atomic mass is 10.5. The van der Waals surface area contributed by atoms with Crippen LogP contribution in [0.4, 0.5) is 0 Å². The number of aliphatic hydroxyl groups is 1. The van der Waals surface area contributed by atoms with Crippen molar-refractivity contribution >= 4 is 29.9 Å². The minimum absolute atomic E-state index is 0.230. The summed E-state index contributed by atoms with van der Waals surface area (Å²) in [6, 6.07) is 0. The Morgan fingerprint density at radius 1 is 1.19 bits per heavy atom. The number of halogens is 1. The van der Waals surface area contributed by atoms with E-state index >= 15 is 0 Å². The molecule has 0 aromatic rings. The second kappa shape index (κ2) is 11.6. The molecule has 102 valence electrons. The van der Waals surface area contributed by atoms with Crippen LogP contribution in [0.15, 0.2) is 0 Å². The van der Waals surface area contributed by atoms with Gasteiger partial charge in [0.25, 0.3) is 10.1 Å². The number of hydrogen-bond acceptors (Lipinski definition) is 6. The number of ether oxygens (including phenoxy) is 1. The maximum Gasteiger partial charge on any atom is 0.261 e. The fourth-order valence-electron chi connectivity index (χ4n) is 0.209. The normalized spacial score (nSPS) is 10.6. The highest BCUT2D eigenvalue weighted by atomic mass is 35.7. The largest absolute Gasteiger partial charge is 0.396 e. The van der Waals surface area contributed by atoms with E-state index < -0.39 is 19.2 Å². The van der Waals surface area contributed by atoms with Gasteiger partial charge in [0.1, 0.15) is 0 Å². The zero-order valence-electron chi connectivity index (χ0n) is 9.25. The molecule has 0 aromatic heterocycles. The maximum atomic E-state index is 9.40. The van der Waals surface area contributed by atoms with Crippen molar-refractivity contribution in [3.8, 4) is 0 Å². The predicted octanol–water partition coefficient (Wildman–Crippen LogP) is -0.296.